The standard InChI is InChI=1S/C18H24N2/c1-4-19-17(16-11-6-5-7-12-16)14-20(3)18-13-9-8-10-15(18)2/h5-13,17,19H,4,14H2,1-3H3. The van der Waals surface area contributed by atoms with E-state index in [2.05, 4.69) is 85.7 Å². The van der Waals surface area contributed by atoms with Crippen LogP contribution in [0.5, 0.6) is 0 Å². The third kappa shape index (κ3) is 3.61. The Bertz CT molecular complexity index is 522. The van der Waals surface area contributed by atoms with Crippen LogP contribution in [0.1, 0.15) is 24.1 Å². The van der Waals surface area contributed by atoms with Gasteiger partial charge >= 0.3 is 0 Å². The Morgan fingerprint density at radius 2 is 1.65 bits per heavy atom. The number of rotatable bonds is 6. The first-order valence-corrected chi connectivity index (χ1v) is 7.27. The zero-order valence-corrected chi connectivity index (χ0v) is 12.6. The van der Waals surface area contributed by atoms with Crippen LogP contribution < -0.4 is 10.2 Å². The van der Waals surface area contributed by atoms with E-state index in [1.807, 2.05) is 0 Å². The van der Waals surface area contributed by atoms with E-state index in [1.165, 1.54) is 16.8 Å². The molecule has 0 saturated heterocycles. The van der Waals surface area contributed by atoms with Crippen LogP contribution in [0, 0.1) is 6.92 Å². The Labute approximate surface area is 122 Å². The highest BCUT2D eigenvalue weighted by atomic mass is 15.1. The van der Waals surface area contributed by atoms with Gasteiger partial charge in [-0.05, 0) is 30.7 Å². The summed E-state index contributed by atoms with van der Waals surface area (Å²) in [5.74, 6) is 0. The van der Waals surface area contributed by atoms with Gasteiger partial charge in [-0.1, -0.05) is 55.5 Å². The Morgan fingerprint density at radius 3 is 2.30 bits per heavy atom. The minimum absolute atomic E-state index is 0.353. The van der Waals surface area contributed by atoms with Crippen molar-refractivity contribution in [1.82, 2.24) is 5.32 Å². The average Bonchev–Trinajstić information content (AvgIpc) is 2.48. The maximum atomic E-state index is 3.58. The lowest BCUT2D eigenvalue weighted by molar-refractivity contribution is 0.550. The molecule has 0 fully saturated rings. The highest BCUT2D eigenvalue weighted by Gasteiger charge is 2.13. The maximum absolute atomic E-state index is 3.58. The number of aryl methyl sites for hydroxylation is 1. The van der Waals surface area contributed by atoms with E-state index in [-0.39, 0.29) is 0 Å². The molecule has 2 aromatic rings. The van der Waals surface area contributed by atoms with E-state index < -0.39 is 0 Å². The van der Waals surface area contributed by atoms with E-state index in [0.717, 1.165) is 13.1 Å². The summed E-state index contributed by atoms with van der Waals surface area (Å²) in [4.78, 5) is 2.33. The van der Waals surface area contributed by atoms with Crippen LogP contribution in [0.2, 0.25) is 0 Å². The van der Waals surface area contributed by atoms with E-state index in [4.69, 9.17) is 0 Å². The van der Waals surface area contributed by atoms with E-state index >= 15 is 0 Å². The van der Waals surface area contributed by atoms with Crippen LogP contribution in [-0.2, 0) is 0 Å². The monoisotopic (exact) mass is 268 g/mol. The summed E-state index contributed by atoms with van der Waals surface area (Å²) in [7, 11) is 2.16. The van der Waals surface area contributed by atoms with E-state index in [9.17, 15) is 0 Å². The van der Waals surface area contributed by atoms with Gasteiger partial charge in [0, 0.05) is 25.3 Å². The minimum atomic E-state index is 0.353. The summed E-state index contributed by atoms with van der Waals surface area (Å²) in [6, 6.07) is 19.6. The van der Waals surface area contributed by atoms with Crippen LogP contribution in [0.15, 0.2) is 54.6 Å². The number of nitrogens with one attached hydrogen (secondary N) is 1. The second-order valence-electron chi connectivity index (χ2n) is 5.19. The molecular formula is C18H24N2. The first kappa shape index (κ1) is 14.6. The average molecular weight is 268 g/mol. The molecule has 2 nitrogen and oxygen atoms in total. The second-order valence-corrected chi connectivity index (χ2v) is 5.19. The fourth-order valence-corrected chi connectivity index (χ4v) is 2.58. The van der Waals surface area contributed by atoms with E-state index in [1.54, 1.807) is 0 Å². The van der Waals surface area contributed by atoms with Gasteiger partial charge in [0.2, 0.25) is 0 Å². The third-order valence-electron chi connectivity index (χ3n) is 3.64. The molecule has 0 aliphatic rings. The molecule has 1 atom stereocenters. The molecule has 2 rings (SSSR count). The summed E-state index contributed by atoms with van der Waals surface area (Å²) in [6.07, 6.45) is 0. The molecule has 0 radical (unpaired) electrons. The molecule has 2 heteroatoms. The molecule has 1 N–H and O–H groups in total. The van der Waals surface area contributed by atoms with Gasteiger partial charge < -0.3 is 10.2 Å². The fraction of sp³-hybridized carbons (Fsp3) is 0.333. The molecule has 0 aliphatic heterocycles. The molecule has 0 aromatic heterocycles. The van der Waals surface area contributed by atoms with Crippen LogP contribution in [-0.4, -0.2) is 20.1 Å². The maximum Gasteiger partial charge on any atom is 0.0498 e. The number of likely N-dealkylation sites (N-methyl/N-ethyl adjacent to an activating group) is 2. The molecule has 0 bridgehead atoms. The normalized spacial score (nSPS) is 12.2. The molecule has 0 spiro atoms. The number of hydrogen-bond acceptors (Lipinski definition) is 2. The fourth-order valence-electron chi connectivity index (χ4n) is 2.58. The molecule has 20 heavy (non-hydrogen) atoms. The molecular weight excluding hydrogens is 244 g/mol. The Morgan fingerprint density at radius 1 is 1.00 bits per heavy atom. The highest BCUT2D eigenvalue weighted by Crippen LogP contribution is 2.21. The van der Waals surface area contributed by atoms with Gasteiger partial charge in [-0.15, -0.1) is 0 Å². The van der Waals surface area contributed by atoms with Gasteiger partial charge in [-0.3, -0.25) is 0 Å². The highest BCUT2D eigenvalue weighted by molar-refractivity contribution is 5.52. The predicted molar refractivity (Wildman–Crippen MR) is 87.3 cm³/mol. The lowest BCUT2D eigenvalue weighted by Gasteiger charge is -2.28. The van der Waals surface area contributed by atoms with Crippen molar-refractivity contribution >= 4 is 5.69 Å². The third-order valence-corrected chi connectivity index (χ3v) is 3.64. The van der Waals surface area contributed by atoms with Crippen LogP contribution in [0.25, 0.3) is 0 Å². The van der Waals surface area contributed by atoms with Crippen LogP contribution in [0.4, 0.5) is 5.69 Å². The Kier molecular flexibility index (Phi) is 5.19. The van der Waals surface area contributed by atoms with Crippen molar-refractivity contribution in [3.8, 4) is 0 Å². The number of benzene rings is 2. The zero-order valence-electron chi connectivity index (χ0n) is 12.6. The van der Waals surface area contributed by atoms with Gasteiger partial charge in [-0.25, -0.2) is 0 Å². The van der Waals surface area contributed by atoms with Crippen molar-refractivity contribution in [1.29, 1.82) is 0 Å². The smallest absolute Gasteiger partial charge is 0.0498 e. The van der Waals surface area contributed by atoms with Crippen molar-refractivity contribution in [2.24, 2.45) is 0 Å². The molecule has 0 amide bonds. The van der Waals surface area contributed by atoms with Crippen LogP contribution >= 0.6 is 0 Å². The van der Waals surface area contributed by atoms with Crippen LogP contribution in [0.3, 0.4) is 0 Å². The molecule has 0 aliphatic carbocycles. The van der Waals surface area contributed by atoms with Crippen molar-refractivity contribution < 1.29 is 0 Å². The molecule has 2 aromatic carbocycles. The number of nitrogens with zero attached hydrogens (tertiary/aromatic N) is 1. The lowest BCUT2D eigenvalue weighted by Crippen LogP contribution is -2.33. The van der Waals surface area contributed by atoms with Crippen molar-refractivity contribution in [2.75, 3.05) is 25.0 Å². The lowest BCUT2D eigenvalue weighted by atomic mass is 10.1. The number of anilines is 1. The molecule has 0 heterocycles. The SMILES string of the molecule is CCNC(CN(C)c1ccccc1C)c1ccccc1. The summed E-state index contributed by atoms with van der Waals surface area (Å²) >= 11 is 0. The topological polar surface area (TPSA) is 15.3 Å². The molecule has 1 unspecified atom stereocenters. The minimum Gasteiger partial charge on any atom is -0.372 e. The van der Waals surface area contributed by atoms with Crippen molar-refractivity contribution in [3.63, 3.8) is 0 Å². The van der Waals surface area contributed by atoms with Gasteiger partial charge in [0.05, 0.1) is 0 Å². The summed E-state index contributed by atoms with van der Waals surface area (Å²) in [5.41, 5.74) is 3.96. The van der Waals surface area contributed by atoms with E-state index in [0.29, 0.717) is 6.04 Å². The first-order chi connectivity index (χ1) is 9.72. The van der Waals surface area contributed by atoms with Crippen molar-refractivity contribution in [3.05, 3.63) is 65.7 Å². The number of hydrogen-bond donors (Lipinski definition) is 1. The predicted octanol–water partition coefficient (Wildman–Crippen LogP) is 3.78. The van der Waals surface area contributed by atoms with Crippen molar-refractivity contribution in [2.45, 2.75) is 19.9 Å². The van der Waals surface area contributed by atoms with Gasteiger partial charge in [0.25, 0.3) is 0 Å². The van der Waals surface area contributed by atoms with Gasteiger partial charge in [0.15, 0.2) is 0 Å². The zero-order chi connectivity index (χ0) is 14.4. The summed E-state index contributed by atoms with van der Waals surface area (Å²) in [6.45, 7) is 6.25. The number of para-hydroxylation sites is 1. The quantitative estimate of drug-likeness (QED) is 0.857. The largest absolute Gasteiger partial charge is 0.372 e. The van der Waals surface area contributed by atoms with Gasteiger partial charge in [-0.2, -0.15) is 0 Å². The summed E-state index contributed by atoms with van der Waals surface area (Å²) in [5, 5.41) is 3.58. The second kappa shape index (κ2) is 7.11. The molecule has 0 saturated carbocycles. The van der Waals surface area contributed by atoms with Gasteiger partial charge in [0.1, 0.15) is 0 Å². The summed E-state index contributed by atoms with van der Waals surface area (Å²) < 4.78 is 0. The first-order valence-electron chi connectivity index (χ1n) is 7.27. The Balaban J connectivity index is 2.14. The Hall–Kier alpha value is -1.80. The molecule has 106 valence electrons.